The Balaban J connectivity index is 1.26. The van der Waals surface area contributed by atoms with Crippen LogP contribution in [0.5, 0.6) is 0 Å². The van der Waals surface area contributed by atoms with Gasteiger partial charge in [0.1, 0.15) is 11.5 Å². The van der Waals surface area contributed by atoms with Gasteiger partial charge in [0.2, 0.25) is 0 Å². The molecular weight excluding hydrogens is 613 g/mol. The molecule has 0 saturated carbocycles. The lowest BCUT2D eigenvalue weighted by Crippen LogP contribution is -2.15. The Bertz CT molecular complexity index is 2350. The minimum atomic E-state index is -4.56. The molecule has 236 valence electrons. The third-order valence-electron chi connectivity index (χ3n) is 8.89. The van der Waals surface area contributed by atoms with Crippen LogP contribution < -0.4 is 4.90 Å². The Morgan fingerprint density at radius 3 is 1.29 bits per heavy atom. The van der Waals surface area contributed by atoms with Crippen molar-refractivity contribution in [1.82, 2.24) is 4.98 Å². The van der Waals surface area contributed by atoms with Crippen LogP contribution in [0.15, 0.2) is 176 Å². The lowest BCUT2D eigenvalue weighted by atomic mass is 9.85. The number of halogens is 3. The van der Waals surface area contributed by atoms with E-state index in [4.69, 9.17) is 0 Å². The molecule has 0 saturated heterocycles. The van der Waals surface area contributed by atoms with Crippen LogP contribution in [-0.4, -0.2) is 4.98 Å². The Hall–Kier alpha value is -6.20. The summed E-state index contributed by atoms with van der Waals surface area (Å²) in [6.07, 6.45) is -4.56. The number of alkyl halides is 3. The van der Waals surface area contributed by atoms with Crippen molar-refractivity contribution in [2.24, 2.45) is 0 Å². The van der Waals surface area contributed by atoms with Crippen molar-refractivity contribution in [3.05, 3.63) is 182 Å². The average Bonchev–Trinajstić information content (AvgIpc) is 3.15. The molecule has 0 unspecified atom stereocenters. The SMILES string of the molecule is FC(F)(F)c1cccc(N(c2ccccc2)c2ccc(-c3c4ccccc4c(-c4ccc(-c5ccccc5)cc4)c4ccccc34)cc2)n1. The van der Waals surface area contributed by atoms with E-state index in [1.54, 1.807) is 11.0 Å². The van der Waals surface area contributed by atoms with Gasteiger partial charge in [-0.15, -0.1) is 0 Å². The second-order valence-corrected chi connectivity index (χ2v) is 11.9. The normalized spacial score (nSPS) is 11.6. The quantitative estimate of drug-likeness (QED) is 0.168. The number of hydrogen-bond donors (Lipinski definition) is 0. The fraction of sp³-hybridized carbons (Fsp3) is 0.0227. The summed E-state index contributed by atoms with van der Waals surface area (Å²) >= 11 is 0. The number of nitrogens with zero attached hydrogens (tertiary/aromatic N) is 2. The lowest BCUT2D eigenvalue weighted by Gasteiger charge is -2.25. The van der Waals surface area contributed by atoms with Gasteiger partial charge in [-0.1, -0.05) is 140 Å². The van der Waals surface area contributed by atoms with E-state index in [0.29, 0.717) is 11.4 Å². The van der Waals surface area contributed by atoms with Crippen LogP contribution in [0.3, 0.4) is 0 Å². The number of anilines is 3. The van der Waals surface area contributed by atoms with E-state index in [0.717, 1.165) is 44.3 Å². The standard InChI is InChI=1S/C44H29F3N2/c45-44(46,47)40-20-11-21-41(48-40)49(34-14-5-2-6-15-34)35-28-26-33(27-29-35)43-38-18-9-7-16-36(38)42(37-17-8-10-19-39(37)43)32-24-22-31(23-25-32)30-12-3-1-4-13-30/h1-29H. The monoisotopic (exact) mass is 642 g/mol. The maximum atomic E-state index is 13.7. The topological polar surface area (TPSA) is 16.1 Å². The first-order chi connectivity index (χ1) is 24.0. The van der Waals surface area contributed by atoms with E-state index in [1.165, 1.54) is 22.8 Å². The van der Waals surface area contributed by atoms with Gasteiger partial charge in [-0.3, -0.25) is 4.90 Å². The molecule has 0 atom stereocenters. The highest BCUT2D eigenvalue weighted by Gasteiger charge is 2.33. The maximum Gasteiger partial charge on any atom is 0.433 e. The van der Waals surface area contributed by atoms with Gasteiger partial charge in [0.15, 0.2) is 0 Å². The number of hydrogen-bond acceptors (Lipinski definition) is 2. The molecule has 8 rings (SSSR count). The molecule has 1 aromatic heterocycles. The summed E-state index contributed by atoms with van der Waals surface area (Å²) in [5.41, 5.74) is 7.24. The second kappa shape index (κ2) is 12.4. The highest BCUT2D eigenvalue weighted by molar-refractivity contribution is 6.21. The molecule has 0 aliphatic rings. The zero-order valence-corrected chi connectivity index (χ0v) is 26.3. The van der Waals surface area contributed by atoms with Gasteiger partial charge < -0.3 is 0 Å². The van der Waals surface area contributed by atoms with Crippen LogP contribution in [0, 0.1) is 0 Å². The molecule has 7 aromatic carbocycles. The van der Waals surface area contributed by atoms with Crippen LogP contribution in [0.1, 0.15) is 5.69 Å². The van der Waals surface area contributed by atoms with Gasteiger partial charge in [0.25, 0.3) is 0 Å². The summed E-state index contributed by atoms with van der Waals surface area (Å²) in [6, 6.07) is 57.4. The molecule has 5 heteroatoms. The molecule has 1 heterocycles. The van der Waals surface area contributed by atoms with Crippen molar-refractivity contribution >= 4 is 38.7 Å². The van der Waals surface area contributed by atoms with E-state index in [9.17, 15) is 13.2 Å². The zero-order chi connectivity index (χ0) is 33.4. The molecule has 8 aromatic rings. The summed E-state index contributed by atoms with van der Waals surface area (Å²) < 4.78 is 41.0. The highest BCUT2D eigenvalue weighted by Crippen LogP contribution is 2.45. The van der Waals surface area contributed by atoms with Crippen LogP contribution in [0.2, 0.25) is 0 Å². The number of benzene rings is 7. The van der Waals surface area contributed by atoms with Crippen molar-refractivity contribution in [3.8, 4) is 33.4 Å². The molecule has 0 aliphatic heterocycles. The minimum absolute atomic E-state index is 0.187. The average molecular weight is 643 g/mol. The van der Waals surface area contributed by atoms with Gasteiger partial charge in [-0.05, 0) is 91.3 Å². The smallest absolute Gasteiger partial charge is 0.295 e. The first-order valence-corrected chi connectivity index (χ1v) is 16.0. The van der Waals surface area contributed by atoms with Gasteiger partial charge in [0.05, 0.1) is 0 Å². The Morgan fingerprint density at radius 2 is 0.776 bits per heavy atom. The van der Waals surface area contributed by atoms with Crippen LogP contribution in [-0.2, 0) is 6.18 Å². The van der Waals surface area contributed by atoms with Crippen molar-refractivity contribution in [3.63, 3.8) is 0 Å². The summed E-state index contributed by atoms with van der Waals surface area (Å²) in [4.78, 5) is 5.77. The van der Waals surface area contributed by atoms with Gasteiger partial charge >= 0.3 is 6.18 Å². The molecule has 49 heavy (non-hydrogen) atoms. The molecule has 0 N–H and O–H groups in total. The summed E-state index contributed by atoms with van der Waals surface area (Å²) in [5.74, 6) is 0.187. The molecule has 0 aliphatic carbocycles. The van der Waals surface area contributed by atoms with Gasteiger partial charge in [-0.2, -0.15) is 13.2 Å². The summed E-state index contributed by atoms with van der Waals surface area (Å²) in [6.45, 7) is 0. The van der Waals surface area contributed by atoms with E-state index in [-0.39, 0.29) is 5.82 Å². The Kier molecular flexibility index (Phi) is 7.65. The summed E-state index contributed by atoms with van der Waals surface area (Å²) in [5, 5.41) is 4.53. The van der Waals surface area contributed by atoms with E-state index in [1.807, 2.05) is 60.7 Å². The number of fused-ring (bicyclic) bond motifs is 2. The minimum Gasteiger partial charge on any atom is -0.295 e. The van der Waals surface area contributed by atoms with Crippen molar-refractivity contribution in [2.45, 2.75) is 6.18 Å². The number of aromatic nitrogens is 1. The molecule has 0 bridgehead atoms. The molecular formula is C44H29F3N2. The van der Waals surface area contributed by atoms with Crippen LogP contribution >= 0.6 is 0 Å². The molecule has 0 fully saturated rings. The molecule has 0 radical (unpaired) electrons. The van der Waals surface area contributed by atoms with Crippen molar-refractivity contribution < 1.29 is 13.2 Å². The predicted molar refractivity (Wildman–Crippen MR) is 195 cm³/mol. The van der Waals surface area contributed by atoms with Crippen molar-refractivity contribution in [2.75, 3.05) is 4.90 Å². The first-order valence-electron chi connectivity index (χ1n) is 16.0. The maximum absolute atomic E-state index is 13.7. The Labute approximate surface area is 282 Å². The molecule has 0 spiro atoms. The molecule has 2 nitrogen and oxygen atoms in total. The fourth-order valence-electron chi connectivity index (χ4n) is 6.68. The largest absolute Gasteiger partial charge is 0.433 e. The second-order valence-electron chi connectivity index (χ2n) is 11.9. The Morgan fingerprint density at radius 1 is 0.367 bits per heavy atom. The van der Waals surface area contributed by atoms with E-state index >= 15 is 0 Å². The van der Waals surface area contributed by atoms with Crippen LogP contribution in [0.25, 0.3) is 54.9 Å². The number of rotatable bonds is 6. The number of para-hydroxylation sites is 1. The lowest BCUT2D eigenvalue weighted by molar-refractivity contribution is -0.141. The van der Waals surface area contributed by atoms with Gasteiger partial charge in [-0.25, -0.2) is 4.98 Å². The van der Waals surface area contributed by atoms with Gasteiger partial charge in [0, 0.05) is 11.4 Å². The van der Waals surface area contributed by atoms with Crippen molar-refractivity contribution in [1.29, 1.82) is 0 Å². The van der Waals surface area contributed by atoms with Crippen LogP contribution in [0.4, 0.5) is 30.4 Å². The molecule has 0 amide bonds. The number of pyridine rings is 1. The third-order valence-corrected chi connectivity index (χ3v) is 8.89. The van der Waals surface area contributed by atoms with E-state index in [2.05, 4.69) is 102 Å². The first kappa shape index (κ1) is 30.2. The van der Waals surface area contributed by atoms with E-state index < -0.39 is 11.9 Å². The fourth-order valence-corrected chi connectivity index (χ4v) is 6.68. The summed E-state index contributed by atoms with van der Waals surface area (Å²) in [7, 11) is 0. The predicted octanol–water partition coefficient (Wildman–Crippen LogP) is 12.9. The zero-order valence-electron chi connectivity index (χ0n) is 26.3. The third kappa shape index (κ3) is 5.70. The highest BCUT2D eigenvalue weighted by atomic mass is 19.4.